The Balaban J connectivity index is 2.60. The van der Waals surface area contributed by atoms with Crippen LogP contribution in [0.25, 0.3) is 0 Å². The molecular formula is C12H15F3N2O2. The molecule has 0 bridgehead atoms. The molecule has 1 aromatic rings. The number of alkyl halides is 3. The van der Waals surface area contributed by atoms with Crippen LogP contribution in [0.15, 0.2) is 18.2 Å². The molecule has 0 saturated carbocycles. The molecular weight excluding hydrogens is 261 g/mol. The van der Waals surface area contributed by atoms with E-state index in [4.69, 9.17) is 10.5 Å². The Morgan fingerprint density at radius 1 is 1.42 bits per heavy atom. The lowest BCUT2D eigenvalue weighted by Crippen LogP contribution is -2.18. The molecule has 0 radical (unpaired) electrons. The van der Waals surface area contributed by atoms with Gasteiger partial charge in [-0.25, -0.2) is 0 Å². The molecule has 0 aliphatic heterocycles. The molecule has 19 heavy (non-hydrogen) atoms. The Morgan fingerprint density at radius 2 is 2.11 bits per heavy atom. The lowest BCUT2D eigenvalue weighted by atomic mass is 10.2. The summed E-state index contributed by atoms with van der Waals surface area (Å²) in [5.74, 6) is -0.108. The van der Waals surface area contributed by atoms with Gasteiger partial charge >= 0.3 is 6.18 Å². The summed E-state index contributed by atoms with van der Waals surface area (Å²) in [6.07, 6.45) is -5.27. The van der Waals surface area contributed by atoms with Crippen molar-refractivity contribution in [2.24, 2.45) is 0 Å². The molecule has 0 fully saturated rings. The molecule has 0 saturated heterocycles. The molecule has 4 nitrogen and oxygen atoms in total. The normalized spacial score (nSPS) is 11.2. The second kappa shape index (κ2) is 6.31. The van der Waals surface area contributed by atoms with Crippen LogP contribution in [0.4, 0.5) is 18.9 Å². The molecule has 0 atom stereocenters. The quantitative estimate of drug-likeness (QED) is 0.641. The molecule has 0 aliphatic carbocycles. The smallest absolute Gasteiger partial charge is 0.389 e. The predicted molar refractivity (Wildman–Crippen MR) is 65.0 cm³/mol. The Labute approximate surface area is 108 Å². The summed E-state index contributed by atoms with van der Waals surface area (Å²) in [6.45, 7) is -0.110. The number of hydrogen-bond acceptors (Lipinski definition) is 3. The summed E-state index contributed by atoms with van der Waals surface area (Å²) in [5, 5.41) is 2.43. The minimum Gasteiger partial charge on any atom is -0.491 e. The van der Waals surface area contributed by atoms with E-state index in [1.165, 1.54) is 25.2 Å². The fourth-order valence-corrected chi connectivity index (χ4v) is 1.40. The largest absolute Gasteiger partial charge is 0.491 e. The van der Waals surface area contributed by atoms with Crippen LogP contribution in [-0.2, 0) is 0 Å². The van der Waals surface area contributed by atoms with Crippen molar-refractivity contribution in [1.29, 1.82) is 0 Å². The van der Waals surface area contributed by atoms with Gasteiger partial charge in [0, 0.05) is 19.0 Å². The number of carbonyl (C=O) groups is 1. The number of nitrogens with one attached hydrogen (secondary N) is 1. The van der Waals surface area contributed by atoms with Crippen LogP contribution >= 0.6 is 0 Å². The maximum atomic E-state index is 11.9. The first-order valence-corrected chi connectivity index (χ1v) is 5.64. The Hall–Kier alpha value is -1.92. The van der Waals surface area contributed by atoms with Gasteiger partial charge in [0.2, 0.25) is 0 Å². The highest BCUT2D eigenvalue weighted by molar-refractivity contribution is 5.95. The van der Waals surface area contributed by atoms with Gasteiger partial charge in [0.05, 0.1) is 12.3 Å². The van der Waals surface area contributed by atoms with Gasteiger partial charge in [-0.05, 0) is 24.6 Å². The van der Waals surface area contributed by atoms with E-state index in [-0.39, 0.29) is 30.4 Å². The van der Waals surface area contributed by atoms with Crippen LogP contribution < -0.4 is 15.8 Å². The van der Waals surface area contributed by atoms with E-state index in [2.05, 4.69) is 5.32 Å². The van der Waals surface area contributed by atoms with Crippen LogP contribution in [0.2, 0.25) is 0 Å². The molecule has 1 rings (SSSR count). The van der Waals surface area contributed by atoms with Crippen LogP contribution in [0.5, 0.6) is 5.75 Å². The van der Waals surface area contributed by atoms with E-state index in [0.717, 1.165) is 0 Å². The molecule has 106 valence electrons. The molecule has 0 heterocycles. The van der Waals surface area contributed by atoms with Crippen molar-refractivity contribution in [3.05, 3.63) is 23.8 Å². The number of carbonyl (C=O) groups excluding carboxylic acids is 1. The topological polar surface area (TPSA) is 64.4 Å². The number of ether oxygens (including phenoxy) is 1. The van der Waals surface area contributed by atoms with Crippen LogP contribution in [0.1, 0.15) is 23.2 Å². The molecule has 0 aromatic heterocycles. The van der Waals surface area contributed by atoms with Crippen molar-refractivity contribution >= 4 is 11.6 Å². The number of nitrogen functional groups attached to an aromatic ring is 1. The Bertz CT molecular complexity index is 447. The molecule has 0 unspecified atom stereocenters. The monoisotopic (exact) mass is 276 g/mol. The molecule has 1 aromatic carbocycles. The Kier molecular flexibility index (Phi) is 5.02. The number of anilines is 1. The van der Waals surface area contributed by atoms with E-state index in [1.807, 2.05) is 0 Å². The minimum absolute atomic E-state index is 0.110. The van der Waals surface area contributed by atoms with Crippen LogP contribution in [0, 0.1) is 0 Å². The number of hydrogen-bond donors (Lipinski definition) is 2. The summed E-state index contributed by atoms with van der Waals surface area (Å²) in [4.78, 5) is 11.4. The highest BCUT2D eigenvalue weighted by Gasteiger charge is 2.26. The molecule has 0 spiro atoms. The highest BCUT2D eigenvalue weighted by Crippen LogP contribution is 2.25. The molecule has 7 heteroatoms. The first-order chi connectivity index (χ1) is 8.83. The zero-order valence-electron chi connectivity index (χ0n) is 10.4. The predicted octanol–water partition coefficient (Wildman–Crippen LogP) is 2.35. The Morgan fingerprint density at radius 3 is 2.68 bits per heavy atom. The third-order valence-corrected chi connectivity index (χ3v) is 2.36. The van der Waals surface area contributed by atoms with Crippen molar-refractivity contribution in [1.82, 2.24) is 5.32 Å². The van der Waals surface area contributed by atoms with Crippen molar-refractivity contribution in [3.8, 4) is 5.75 Å². The number of amides is 1. The third kappa shape index (κ3) is 5.07. The van der Waals surface area contributed by atoms with Crippen molar-refractivity contribution in [3.63, 3.8) is 0 Å². The van der Waals surface area contributed by atoms with Crippen LogP contribution in [-0.4, -0.2) is 25.7 Å². The van der Waals surface area contributed by atoms with Gasteiger partial charge in [-0.15, -0.1) is 0 Å². The zero-order chi connectivity index (χ0) is 14.5. The third-order valence-electron chi connectivity index (χ3n) is 2.36. The summed E-state index contributed by atoms with van der Waals surface area (Å²) in [6, 6.07) is 4.39. The maximum absolute atomic E-state index is 11.9. The summed E-state index contributed by atoms with van der Waals surface area (Å²) < 4.78 is 41.0. The molecule has 1 amide bonds. The van der Waals surface area contributed by atoms with E-state index in [0.29, 0.717) is 5.56 Å². The summed E-state index contributed by atoms with van der Waals surface area (Å²) in [7, 11) is 1.47. The average Bonchev–Trinajstić information content (AvgIpc) is 2.34. The second-order valence-corrected chi connectivity index (χ2v) is 3.90. The van der Waals surface area contributed by atoms with Gasteiger partial charge in [-0.3, -0.25) is 4.79 Å². The number of benzene rings is 1. The number of nitrogens with two attached hydrogens (primary N) is 1. The van der Waals surface area contributed by atoms with Crippen molar-refractivity contribution in [2.45, 2.75) is 19.0 Å². The van der Waals surface area contributed by atoms with Gasteiger partial charge in [-0.2, -0.15) is 13.2 Å². The molecule has 3 N–H and O–H groups in total. The SMILES string of the molecule is CNC(=O)c1ccc(N)c(OCCCC(F)(F)F)c1. The van der Waals surface area contributed by atoms with E-state index >= 15 is 0 Å². The van der Waals surface area contributed by atoms with Gasteiger partial charge in [0.1, 0.15) is 5.75 Å². The lowest BCUT2D eigenvalue weighted by Gasteiger charge is -2.11. The lowest BCUT2D eigenvalue weighted by molar-refractivity contribution is -0.136. The average molecular weight is 276 g/mol. The standard InChI is InChI=1S/C12H15F3N2O2/c1-17-11(18)8-3-4-9(16)10(7-8)19-6-2-5-12(13,14)15/h3-4,7H,2,5-6,16H2,1H3,(H,17,18). The van der Waals surface area contributed by atoms with Crippen LogP contribution in [0.3, 0.4) is 0 Å². The number of halogens is 3. The van der Waals surface area contributed by atoms with Gasteiger partial charge in [0.25, 0.3) is 5.91 Å². The zero-order valence-corrected chi connectivity index (χ0v) is 10.4. The van der Waals surface area contributed by atoms with Gasteiger partial charge in [-0.1, -0.05) is 0 Å². The van der Waals surface area contributed by atoms with Gasteiger partial charge in [0.15, 0.2) is 0 Å². The minimum atomic E-state index is -4.20. The molecule has 0 aliphatic rings. The second-order valence-electron chi connectivity index (χ2n) is 3.90. The maximum Gasteiger partial charge on any atom is 0.389 e. The first-order valence-electron chi connectivity index (χ1n) is 5.64. The summed E-state index contributed by atoms with van der Waals surface area (Å²) >= 11 is 0. The number of rotatable bonds is 5. The van der Waals surface area contributed by atoms with E-state index in [9.17, 15) is 18.0 Å². The van der Waals surface area contributed by atoms with Crippen molar-refractivity contribution < 1.29 is 22.7 Å². The summed E-state index contributed by atoms with van der Waals surface area (Å²) in [5.41, 5.74) is 6.23. The van der Waals surface area contributed by atoms with Gasteiger partial charge < -0.3 is 15.8 Å². The highest BCUT2D eigenvalue weighted by atomic mass is 19.4. The van der Waals surface area contributed by atoms with E-state index < -0.39 is 12.6 Å². The first kappa shape index (κ1) is 15.1. The van der Waals surface area contributed by atoms with E-state index in [1.54, 1.807) is 0 Å². The fraction of sp³-hybridized carbons (Fsp3) is 0.417. The van der Waals surface area contributed by atoms with Crippen molar-refractivity contribution in [2.75, 3.05) is 19.4 Å². The fourth-order valence-electron chi connectivity index (χ4n) is 1.40.